The fourth-order valence-electron chi connectivity index (χ4n) is 4.20. The Morgan fingerprint density at radius 2 is 2.00 bits per heavy atom. The van der Waals surface area contributed by atoms with E-state index >= 15 is 0 Å². The second kappa shape index (κ2) is 10.3. The minimum atomic E-state index is -0.644. The van der Waals surface area contributed by atoms with Crippen molar-refractivity contribution in [3.05, 3.63) is 57.8 Å². The second-order valence-electron chi connectivity index (χ2n) is 7.78. The van der Waals surface area contributed by atoms with E-state index in [0.717, 1.165) is 44.1 Å². The highest BCUT2D eigenvalue weighted by atomic mass is 32.1. The summed E-state index contributed by atoms with van der Waals surface area (Å²) in [7, 11) is 0. The van der Waals surface area contributed by atoms with Crippen molar-refractivity contribution in [1.29, 1.82) is 0 Å². The van der Waals surface area contributed by atoms with Gasteiger partial charge in [0.25, 0.3) is 11.7 Å². The average Bonchev–Trinajstić information content (AvgIpc) is 3.42. The number of hydrogen-bond donors (Lipinski definition) is 1. The summed E-state index contributed by atoms with van der Waals surface area (Å²) in [5.74, 6) is -0.773. The van der Waals surface area contributed by atoms with Crippen LogP contribution in [0.15, 0.2) is 47.4 Å². The molecule has 2 fully saturated rings. The normalized spacial score (nSPS) is 21.3. The molecule has 2 aliphatic heterocycles. The van der Waals surface area contributed by atoms with Crippen molar-refractivity contribution in [2.75, 3.05) is 46.0 Å². The van der Waals surface area contributed by atoms with Crippen LogP contribution >= 0.6 is 11.3 Å². The number of morpholine rings is 1. The standard InChI is InChI=1S/C24H28N2O5S/c1-2-31-18-7-3-6-17(16-18)22(27)20-21(19-8-4-15-32-19)26(24(29)23(20)28)10-5-9-25-11-13-30-14-12-25/h3-4,6-8,15-16,21,27H,2,5,9-14H2,1H3/b22-20+. The van der Waals surface area contributed by atoms with Gasteiger partial charge in [0, 0.05) is 36.6 Å². The fraction of sp³-hybridized carbons (Fsp3) is 0.417. The lowest BCUT2D eigenvalue weighted by atomic mass is 9.99. The molecule has 1 unspecified atom stereocenters. The lowest BCUT2D eigenvalue weighted by Gasteiger charge is -2.28. The van der Waals surface area contributed by atoms with Crippen LogP contribution in [-0.4, -0.2) is 72.6 Å². The zero-order valence-electron chi connectivity index (χ0n) is 18.2. The van der Waals surface area contributed by atoms with E-state index in [2.05, 4.69) is 4.90 Å². The van der Waals surface area contributed by atoms with Crippen molar-refractivity contribution < 1.29 is 24.2 Å². The molecule has 1 atom stereocenters. The smallest absolute Gasteiger partial charge is 0.295 e. The maximum atomic E-state index is 13.0. The van der Waals surface area contributed by atoms with Crippen LogP contribution in [0.3, 0.4) is 0 Å². The molecular formula is C24H28N2O5S. The molecule has 2 saturated heterocycles. The van der Waals surface area contributed by atoms with Gasteiger partial charge in [0.15, 0.2) is 0 Å². The number of thiophene rings is 1. The second-order valence-corrected chi connectivity index (χ2v) is 8.76. The van der Waals surface area contributed by atoms with Crippen molar-refractivity contribution in [2.24, 2.45) is 0 Å². The van der Waals surface area contributed by atoms with Crippen LogP contribution < -0.4 is 4.74 Å². The minimum absolute atomic E-state index is 0.137. The van der Waals surface area contributed by atoms with Gasteiger partial charge in [0.2, 0.25) is 0 Å². The van der Waals surface area contributed by atoms with Crippen LogP contribution in [0, 0.1) is 0 Å². The Morgan fingerprint density at radius 1 is 1.19 bits per heavy atom. The Labute approximate surface area is 191 Å². The van der Waals surface area contributed by atoms with E-state index in [1.165, 1.54) is 11.3 Å². The maximum absolute atomic E-state index is 13.0. The molecule has 1 N–H and O–H groups in total. The summed E-state index contributed by atoms with van der Waals surface area (Å²) in [5.41, 5.74) is 0.598. The number of carbonyl (C=O) groups is 2. The third-order valence-electron chi connectivity index (χ3n) is 5.75. The van der Waals surface area contributed by atoms with Crippen molar-refractivity contribution in [2.45, 2.75) is 19.4 Å². The van der Waals surface area contributed by atoms with Gasteiger partial charge in [0.1, 0.15) is 11.5 Å². The highest BCUT2D eigenvalue weighted by Crippen LogP contribution is 2.41. The van der Waals surface area contributed by atoms with Gasteiger partial charge < -0.3 is 19.5 Å². The number of benzene rings is 1. The van der Waals surface area contributed by atoms with Gasteiger partial charge in [-0.2, -0.15) is 0 Å². The van der Waals surface area contributed by atoms with E-state index in [-0.39, 0.29) is 11.3 Å². The van der Waals surface area contributed by atoms with E-state index in [9.17, 15) is 14.7 Å². The molecule has 2 aliphatic rings. The molecule has 0 saturated carbocycles. The van der Waals surface area contributed by atoms with Crippen molar-refractivity contribution in [3.8, 4) is 5.75 Å². The number of aliphatic hydroxyl groups excluding tert-OH is 1. The molecule has 1 amide bonds. The van der Waals surface area contributed by atoms with Gasteiger partial charge in [-0.3, -0.25) is 14.5 Å². The van der Waals surface area contributed by atoms with Crippen molar-refractivity contribution in [3.63, 3.8) is 0 Å². The van der Waals surface area contributed by atoms with Crippen molar-refractivity contribution >= 4 is 28.8 Å². The van der Waals surface area contributed by atoms with Crippen LogP contribution in [0.1, 0.15) is 29.8 Å². The largest absolute Gasteiger partial charge is 0.507 e. The number of rotatable bonds is 8. The molecule has 1 aromatic heterocycles. The Morgan fingerprint density at radius 3 is 2.72 bits per heavy atom. The van der Waals surface area contributed by atoms with Gasteiger partial charge >= 0.3 is 0 Å². The fourth-order valence-corrected chi connectivity index (χ4v) is 5.04. The first-order valence-electron chi connectivity index (χ1n) is 10.9. The van der Waals surface area contributed by atoms with Gasteiger partial charge in [-0.25, -0.2) is 0 Å². The van der Waals surface area contributed by atoms with E-state index in [0.29, 0.717) is 24.5 Å². The monoisotopic (exact) mass is 456 g/mol. The molecule has 8 heteroatoms. The highest BCUT2D eigenvalue weighted by Gasteiger charge is 2.46. The number of carbonyl (C=O) groups excluding carboxylic acids is 2. The quantitative estimate of drug-likeness (QED) is 0.373. The first kappa shape index (κ1) is 22.5. The predicted octanol–water partition coefficient (Wildman–Crippen LogP) is 3.29. The number of likely N-dealkylation sites (tertiary alicyclic amines) is 1. The third-order valence-corrected chi connectivity index (χ3v) is 6.67. The van der Waals surface area contributed by atoms with Crippen LogP contribution in [0.4, 0.5) is 0 Å². The molecule has 3 heterocycles. The van der Waals surface area contributed by atoms with Crippen LogP contribution in [-0.2, 0) is 14.3 Å². The molecule has 170 valence electrons. The summed E-state index contributed by atoms with van der Waals surface area (Å²) >= 11 is 1.47. The van der Waals surface area contributed by atoms with Crippen LogP contribution in [0.25, 0.3) is 5.76 Å². The number of amides is 1. The number of nitrogens with zero attached hydrogens (tertiary/aromatic N) is 2. The van der Waals surface area contributed by atoms with Gasteiger partial charge in [-0.05, 0) is 36.9 Å². The topological polar surface area (TPSA) is 79.3 Å². The predicted molar refractivity (Wildman–Crippen MR) is 123 cm³/mol. The Kier molecular flexibility index (Phi) is 7.24. The lowest BCUT2D eigenvalue weighted by molar-refractivity contribution is -0.140. The number of Topliss-reactive ketones (excluding diaryl/α,β-unsaturated/α-hetero) is 1. The molecule has 1 aromatic carbocycles. The molecule has 4 rings (SSSR count). The Bertz CT molecular complexity index is 982. The first-order valence-corrected chi connectivity index (χ1v) is 11.8. The highest BCUT2D eigenvalue weighted by molar-refractivity contribution is 7.10. The number of ether oxygens (including phenoxy) is 2. The summed E-state index contributed by atoms with van der Waals surface area (Å²) in [6, 6.07) is 10.2. The number of aliphatic hydroxyl groups is 1. The first-order chi connectivity index (χ1) is 15.6. The summed E-state index contributed by atoms with van der Waals surface area (Å²) < 4.78 is 10.9. The van der Waals surface area contributed by atoms with Crippen LogP contribution in [0.2, 0.25) is 0 Å². The molecule has 0 aliphatic carbocycles. The average molecular weight is 457 g/mol. The summed E-state index contributed by atoms with van der Waals surface area (Å²) in [6.45, 7) is 6.85. The molecule has 32 heavy (non-hydrogen) atoms. The van der Waals surface area contributed by atoms with Gasteiger partial charge in [-0.15, -0.1) is 11.3 Å². The summed E-state index contributed by atoms with van der Waals surface area (Å²) in [4.78, 5) is 30.8. The zero-order chi connectivity index (χ0) is 22.5. The third kappa shape index (κ3) is 4.72. The van der Waals surface area contributed by atoms with E-state index in [1.54, 1.807) is 29.2 Å². The Hall–Kier alpha value is -2.68. The summed E-state index contributed by atoms with van der Waals surface area (Å²) in [6.07, 6.45) is 0.745. The Balaban J connectivity index is 1.62. The van der Waals surface area contributed by atoms with Gasteiger partial charge in [-0.1, -0.05) is 18.2 Å². The van der Waals surface area contributed by atoms with Crippen LogP contribution in [0.5, 0.6) is 5.75 Å². The minimum Gasteiger partial charge on any atom is -0.507 e. The number of hydrogen-bond acceptors (Lipinski definition) is 7. The van der Waals surface area contributed by atoms with E-state index in [1.807, 2.05) is 24.4 Å². The maximum Gasteiger partial charge on any atom is 0.295 e. The molecular weight excluding hydrogens is 428 g/mol. The van der Waals surface area contributed by atoms with E-state index < -0.39 is 17.7 Å². The lowest BCUT2D eigenvalue weighted by Crippen LogP contribution is -2.38. The number of ketones is 1. The van der Waals surface area contributed by atoms with Gasteiger partial charge in [0.05, 0.1) is 31.4 Å². The molecule has 7 nitrogen and oxygen atoms in total. The molecule has 0 spiro atoms. The van der Waals surface area contributed by atoms with Crippen molar-refractivity contribution in [1.82, 2.24) is 9.80 Å². The molecule has 0 radical (unpaired) electrons. The zero-order valence-corrected chi connectivity index (χ0v) is 19.0. The SMILES string of the molecule is CCOc1cccc(/C(O)=C2\C(=O)C(=O)N(CCCN3CCOCC3)C2c2cccs2)c1. The molecule has 0 bridgehead atoms. The summed E-state index contributed by atoms with van der Waals surface area (Å²) in [5, 5.41) is 13.0. The van der Waals surface area contributed by atoms with E-state index in [4.69, 9.17) is 9.47 Å². The molecule has 2 aromatic rings.